The Kier molecular flexibility index (Phi) is 3.25. The molecule has 0 aliphatic heterocycles. The summed E-state index contributed by atoms with van der Waals surface area (Å²) in [7, 11) is -3.47. The average molecular weight is 218 g/mol. The second-order valence-corrected chi connectivity index (χ2v) is 4.92. The zero-order chi connectivity index (χ0) is 10.8. The topological polar surface area (TPSA) is 101 Å². The molecule has 1 aromatic rings. The highest BCUT2D eigenvalue weighted by Crippen LogP contribution is 2.09. The third-order valence-corrected chi connectivity index (χ3v) is 3.21. The zero-order valence-electron chi connectivity index (χ0n) is 8.11. The molecular formula is C7H14N4O2S. The summed E-state index contributed by atoms with van der Waals surface area (Å²) >= 11 is 0. The lowest BCUT2D eigenvalue weighted by Crippen LogP contribution is -2.35. The average Bonchev–Trinajstić information content (AvgIpc) is 2.48. The molecule has 0 aromatic carbocycles. The predicted octanol–water partition coefficient (Wildman–Crippen LogP) is -0.656. The first-order valence-corrected chi connectivity index (χ1v) is 5.67. The van der Waals surface area contributed by atoms with E-state index in [-0.39, 0.29) is 17.5 Å². The van der Waals surface area contributed by atoms with Gasteiger partial charge < -0.3 is 5.73 Å². The van der Waals surface area contributed by atoms with Crippen molar-refractivity contribution in [2.24, 2.45) is 5.73 Å². The molecule has 0 fully saturated rings. The highest BCUT2D eigenvalue weighted by atomic mass is 32.2. The molecule has 0 saturated heterocycles. The number of rotatable bonds is 4. The number of nitrogens with one attached hydrogen (secondary N) is 2. The van der Waals surface area contributed by atoms with E-state index in [2.05, 4.69) is 14.9 Å². The van der Waals surface area contributed by atoms with Gasteiger partial charge in [-0.3, -0.25) is 5.10 Å². The lowest BCUT2D eigenvalue weighted by molar-refractivity contribution is 0.573. The van der Waals surface area contributed by atoms with Crippen molar-refractivity contribution in [3.05, 3.63) is 11.9 Å². The molecule has 0 aliphatic rings. The molecule has 80 valence electrons. The first-order chi connectivity index (χ1) is 6.43. The summed E-state index contributed by atoms with van der Waals surface area (Å²) in [5.74, 6) is 0. The third kappa shape index (κ3) is 2.53. The molecule has 4 N–H and O–H groups in total. The van der Waals surface area contributed by atoms with E-state index >= 15 is 0 Å². The fourth-order valence-corrected chi connectivity index (χ4v) is 2.21. The predicted molar refractivity (Wildman–Crippen MR) is 52.2 cm³/mol. The Balaban J connectivity index is 2.82. The third-order valence-electron chi connectivity index (χ3n) is 1.67. The van der Waals surface area contributed by atoms with E-state index in [0.717, 1.165) is 0 Å². The van der Waals surface area contributed by atoms with Crippen molar-refractivity contribution in [2.45, 2.75) is 24.8 Å². The van der Waals surface area contributed by atoms with Crippen LogP contribution in [0.15, 0.2) is 11.1 Å². The van der Waals surface area contributed by atoms with E-state index in [1.165, 1.54) is 6.20 Å². The van der Waals surface area contributed by atoms with Crippen LogP contribution in [0.3, 0.4) is 0 Å². The molecule has 7 heteroatoms. The van der Waals surface area contributed by atoms with Gasteiger partial charge in [-0.05, 0) is 13.8 Å². The smallest absolute Gasteiger partial charge is 0.244 e. The quantitative estimate of drug-likeness (QED) is 0.624. The van der Waals surface area contributed by atoms with Gasteiger partial charge in [0, 0.05) is 12.6 Å². The van der Waals surface area contributed by atoms with Crippen LogP contribution in [-0.2, 0) is 10.0 Å². The summed E-state index contributed by atoms with van der Waals surface area (Å²) < 4.78 is 25.6. The van der Waals surface area contributed by atoms with Gasteiger partial charge in [0.15, 0.2) is 0 Å². The van der Waals surface area contributed by atoms with E-state index in [1.807, 2.05) is 0 Å². The van der Waals surface area contributed by atoms with Crippen molar-refractivity contribution in [1.29, 1.82) is 0 Å². The van der Waals surface area contributed by atoms with Crippen LogP contribution in [0.25, 0.3) is 0 Å². The van der Waals surface area contributed by atoms with E-state index in [1.54, 1.807) is 13.8 Å². The van der Waals surface area contributed by atoms with E-state index < -0.39 is 10.0 Å². The lowest BCUT2D eigenvalue weighted by atomic mass is 10.4. The van der Waals surface area contributed by atoms with Gasteiger partial charge in [-0.2, -0.15) is 5.10 Å². The Morgan fingerprint density at radius 2 is 2.36 bits per heavy atom. The van der Waals surface area contributed by atoms with Gasteiger partial charge in [0.05, 0.1) is 11.9 Å². The highest BCUT2D eigenvalue weighted by Gasteiger charge is 2.18. The molecule has 1 atom stereocenters. The maximum absolute atomic E-state index is 11.6. The number of H-pyrrole nitrogens is 1. The van der Waals surface area contributed by atoms with Gasteiger partial charge in [0.1, 0.15) is 4.90 Å². The van der Waals surface area contributed by atoms with Crippen LogP contribution in [-0.4, -0.2) is 31.2 Å². The Labute approximate surface area is 82.9 Å². The second-order valence-electron chi connectivity index (χ2n) is 3.19. The Hall–Kier alpha value is -0.920. The Morgan fingerprint density at radius 3 is 2.79 bits per heavy atom. The minimum Gasteiger partial charge on any atom is -0.327 e. The summed E-state index contributed by atoms with van der Waals surface area (Å²) in [6.45, 7) is 3.59. The van der Waals surface area contributed by atoms with Crippen LogP contribution >= 0.6 is 0 Å². The monoisotopic (exact) mass is 218 g/mol. The fourth-order valence-electron chi connectivity index (χ4n) is 0.929. The van der Waals surface area contributed by atoms with Crippen molar-refractivity contribution < 1.29 is 8.42 Å². The summed E-state index contributed by atoms with van der Waals surface area (Å²) in [4.78, 5) is 0.165. The Bertz CT molecular complexity index is 396. The zero-order valence-corrected chi connectivity index (χ0v) is 8.93. The molecule has 0 spiro atoms. The molecule has 0 aliphatic carbocycles. The van der Waals surface area contributed by atoms with Gasteiger partial charge >= 0.3 is 0 Å². The van der Waals surface area contributed by atoms with Crippen LogP contribution in [0.1, 0.15) is 12.6 Å². The van der Waals surface area contributed by atoms with E-state index in [0.29, 0.717) is 5.69 Å². The molecule has 1 unspecified atom stereocenters. The molecule has 1 rings (SSSR count). The first kappa shape index (κ1) is 11.2. The molecule has 6 nitrogen and oxygen atoms in total. The molecule has 0 bridgehead atoms. The maximum atomic E-state index is 11.6. The van der Waals surface area contributed by atoms with Crippen molar-refractivity contribution in [1.82, 2.24) is 14.9 Å². The van der Waals surface area contributed by atoms with Crippen LogP contribution in [0, 0.1) is 6.92 Å². The van der Waals surface area contributed by atoms with Crippen LogP contribution < -0.4 is 10.5 Å². The van der Waals surface area contributed by atoms with E-state index in [4.69, 9.17) is 5.73 Å². The number of aromatic nitrogens is 2. The number of hydrogen-bond donors (Lipinski definition) is 3. The molecule has 0 amide bonds. The number of aryl methyl sites for hydroxylation is 1. The maximum Gasteiger partial charge on any atom is 0.244 e. The summed E-state index contributed by atoms with van der Waals surface area (Å²) in [5, 5.41) is 6.20. The summed E-state index contributed by atoms with van der Waals surface area (Å²) in [6, 6.07) is -0.211. The molecule has 14 heavy (non-hydrogen) atoms. The van der Waals surface area contributed by atoms with Crippen molar-refractivity contribution in [2.75, 3.05) is 6.54 Å². The minimum absolute atomic E-state index is 0.165. The van der Waals surface area contributed by atoms with Gasteiger partial charge in [0.2, 0.25) is 10.0 Å². The van der Waals surface area contributed by atoms with Gasteiger partial charge in [-0.15, -0.1) is 0 Å². The minimum atomic E-state index is -3.47. The largest absolute Gasteiger partial charge is 0.327 e. The number of hydrogen-bond acceptors (Lipinski definition) is 4. The molecule has 0 radical (unpaired) electrons. The van der Waals surface area contributed by atoms with Crippen molar-refractivity contribution in [3.63, 3.8) is 0 Å². The van der Waals surface area contributed by atoms with Crippen molar-refractivity contribution in [3.8, 4) is 0 Å². The second kappa shape index (κ2) is 4.07. The lowest BCUT2D eigenvalue weighted by Gasteiger charge is -2.07. The van der Waals surface area contributed by atoms with E-state index in [9.17, 15) is 8.42 Å². The van der Waals surface area contributed by atoms with Crippen LogP contribution in [0.2, 0.25) is 0 Å². The summed E-state index contributed by atoms with van der Waals surface area (Å²) in [5.41, 5.74) is 5.96. The normalized spacial score (nSPS) is 14.2. The van der Waals surface area contributed by atoms with Gasteiger partial charge in [-0.1, -0.05) is 0 Å². The van der Waals surface area contributed by atoms with Gasteiger partial charge in [-0.25, -0.2) is 13.1 Å². The molecular weight excluding hydrogens is 204 g/mol. The van der Waals surface area contributed by atoms with Crippen LogP contribution in [0.5, 0.6) is 0 Å². The van der Waals surface area contributed by atoms with Gasteiger partial charge in [0.25, 0.3) is 0 Å². The fraction of sp³-hybridized carbons (Fsp3) is 0.571. The molecule has 0 saturated carbocycles. The summed E-state index contributed by atoms with van der Waals surface area (Å²) in [6.07, 6.45) is 1.28. The number of aromatic amines is 1. The first-order valence-electron chi connectivity index (χ1n) is 4.18. The number of nitrogens with zero attached hydrogens (tertiary/aromatic N) is 1. The SMILES string of the molecule is Cc1[nH]ncc1S(=O)(=O)NCC(C)N. The number of sulfonamides is 1. The van der Waals surface area contributed by atoms with Crippen molar-refractivity contribution >= 4 is 10.0 Å². The molecule has 1 aromatic heterocycles. The standard InChI is InChI=1S/C7H14N4O2S/c1-5(8)3-10-14(12,13)7-4-9-11-6(7)2/h4-5,10H,3,8H2,1-2H3,(H,9,11). The highest BCUT2D eigenvalue weighted by molar-refractivity contribution is 7.89. The Morgan fingerprint density at radius 1 is 1.71 bits per heavy atom. The van der Waals surface area contributed by atoms with Crippen LogP contribution in [0.4, 0.5) is 0 Å². The molecule has 1 heterocycles. The number of nitrogens with two attached hydrogens (primary N) is 1.